The van der Waals surface area contributed by atoms with Gasteiger partial charge in [-0.3, -0.25) is 10.1 Å². The van der Waals surface area contributed by atoms with Crippen LogP contribution in [-0.4, -0.2) is 15.6 Å². The Labute approximate surface area is 209 Å². The molecule has 1 aliphatic heterocycles. The molecule has 8 heteroatoms. The summed E-state index contributed by atoms with van der Waals surface area (Å²) in [5, 5.41) is 15.8. The number of rotatable bonds is 4. The van der Waals surface area contributed by atoms with Gasteiger partial charge < -0.3 is 5.32 Å². The molecule has 0 saturated heterocycles. The van der Waals surface area contributed by atoms with Gasteiger partial charge in [0.1, 0.15) is 0 Å². The predicted molar refractivity (Wildman–Crippen MR) is 135 cm³/mol. The van der Waals surface area contributed by atoms with E-state index in [-0.39, 0.29) is 39.1 Å². The van der Waals surface area contributed by atoms with Crippen molar-refractivity contribution in [1.29, 1.82) is 0 Å². The molecule has 4 nitrogen and oxygen atoms in total. The summed E-state index contributed by atoms with van der Waals surface area (Å²) in [5.74, 6) is 0.312. The number of nitrogens with one attached hydrogen (secondary N) is 1. The number of para-hydroxylation sites is 1. The third-order valence-corrected chi connectivity index (χ3v) is 9.43. The number of nitro benzene ring substituents is 1. The largest absolute Gasteiger partial charge is 0.378 e. The first-order chi connectivity index (χ1) is 15.4. The number of halogens is 3. The van der Waals surface area contributed by atoms with Crippen molar-refractivity contribution >= 4 is 62.3 Å². The van der Waals surface area contributed by atoms with E-state index in [4.69, 9.17) is 23.2 Å². The van der Waals surface area contributed by atoms with E-state index in [1.807, 2.05) is 42.5 Å². The lowest BCUT2D eigenvalue weighted by molar-refractivity contribution is -0.387. The van der Waals surface area contributed by atoms with Crippen molar-refractivity contribution in [1.82, 2.24) is 0 Å². The average molecular weight is 550 g/mol. The first-order valence-corrected chi connectivity index (χ1v) is 12.8. The topological polar surface area (TPSA) is 55.2 Å². The molecule has 164 valence electrons. The van der Waals surface area contributed by atoms with Crippen LogP contribution in [0.4, 0.5) is 11.4 Å². The highest BCUT2D eigenvalue weighted by atomic mass is 79.9. The van der Waals surface area contributed by atoms with Crippen molar-refractivity contribution in [2.75, 3.05) is 5.32 Å². The Morgan fingerprint density at radius 3 is 2.59 bits per heavy atom. The molecule has 0 bridgehead atoms. The van der Waals surface area contributed by atoms with E-state index in [1.54, 1.807) is 12.1 Å². The van der Waals surface area contributed by atoms with Gasteiger partial charge in [-0.2, -0.15) is 0 Å². The number of alkyl halides is 1. The van der Waals surface area contributed by atoms with Gasteiger partial charge in [0, 0.05) is 32.4 Å². The Kier molecular flexibility index (Phi) is 6.14. The van der Waals surface area contributed by atoms with Crippen LogP contribution in [0.25, 0.3) is 0 Å². The Morgan fingerprint density at radius 1 is 1.06 bits per heavy atom. The Bertz CT molecular complexity index is 1190. The first kappa shape index (κ1) is 22.1. The lowest BCUT2D eigenvalue weighted by Crippen LogP contribution is -2.31. The molecule has 0 amide bonds. The van der Waals surface area contributed by atoms with E-state index >= 15 is 0 Å². The van der Waals surface area contributed by atoms with Gasteiger partial charge in [-0.15, -0.1) is 23.4 Å². The molecule has 1 N–H and O–H groups in total. The number of benzene rings is 3. The summed E-state index contributed by atoms with van der Waals surface area (Å²) in [6.45, 7) is 0. The quantitative estimate of drug-likeness (QED) is 0.203. The van der Waals surface area contributed by atoms with Crippen molar-refractivity contribution < 1.29 is 4.92 Å². The smallest absolute Gasteiger partial charge is 0.282 e. The van der Waals surface area contributed by atoms with E-state index in [0.717, 1.165) is 22.1 Å². The van der Waals surface area contributed by atoms with Crippen molar-refractivity contribution in [3.05, 3.63) is 97.5 Å². The van der Waals surface area contributed by atoms with Crippen LogP contribution in [0.1, 0.15) is 29.5 Å². The van der Waals surface area contributed by atoms with Crippen LogP contribution < -0.4 is 5.32 Å². The van der Waals surface area contributed by atoms with E-state index in [2.05, 4.69) is 33.4 Å². The molecule has 1 saturated carbocycles. The number of anilines is 1. The fourth-order valence-corrected chi connectivity index (χ4v) is 7.65. The van der Waals surface area contributed by atoms with Gasteiger partial charge in [0.15, 0.2) is 0 Å². The average Bonchev–Trinajstić information content (AvgIpc) is 3.10. The molecule has 1 fully saturated rings. The Hall–Kier alpha value is -1.73. The number of nitro groups is 1. The minimum absolute atomic E-state index is 0.0319. The molecule has 32 heavy (non-hydrogen) atoms. The van der Waals surface area contributed by atoms with Crippen LogP contribution in [-0.2, 0) is 0 Å². The monoisotopic (exact) mass is 548 g/mol. The summed E-state index contributed by atoms with van der Waals surface area (Å²) in [4.78, 5) is 11.9. The number of hydrogen-bond acceptors (Lipinski definition) is 4. The second-order valence-electron chi connectivity index (χ2n) is 8.13. The third-order valence-electron chi connectivity index (χ3n) is 6.36. The van der Waals surface area contributed by atoms with Crippen molar-refractivity contribution in [3.63, 3.8) is 0 Å². The van der Waals surface area contributed by atoms with Gasteiger partial charge in [-0.25, -0.2) is 0 Å². The van der Waals surface area contributed by atoms with Crippen LogP contribution >= 0.6 is 50.9 Å². The van der Waals surface area contributed by atoms with E-state index < -0.39 is 0 Å². The summed E-state index contributed by atoms with van der Waals surface area (Å²) < 4.78 is 1.05. The second-order valence-corrected chi connectivity index (χ2v) is 11.2. The molecule has 0 radical (unpaired) electrons. The minimum atomic E-state index is -0.325. The molecule has 2 aliphatic rings. The van der Waals surface area contributed by atoms with E-state index in [1.165, 1.54) is 17.3 Å². The molecule has 0 unspecified atom stereocenters. The van der Waals surface area contributed by atoms with Crippen molar-refractivity contribution in [2.45, 2.75) is 33.9 Å². The molecular weight excluding hydrogens is 531 g/mol. The molecule has 5 rings (SSSR count). The fraction of sp³-hybridized carbons (Fsp3) is 0.250. The maximum Gasteiger partial charge on any atom is 0.282 e. The summed E-state index contributed by atoms with van der Waals surface area (Å²) in [5.41, 5.74) is 3.47. The number of nitrogens with zero attached hydrogens (tertiary/aromatic N) is 1. The SMILES string of the molecule is O=[N+]([O-])c1ccccc1S[C@H]1C[C@H]2[C@@H](c3cc(Cl)ccc3N[C@H]2c2ccccc2Br)[C@H]1Cl. The highest BCUT2D eigenvalue weighted by molar-refractivity contribution is 9.10. The molecule has 1 heterocycles. The zero-order valence-corrected chi connectivity index (χ0v) is 20.7. The lowest BCUT2D eigenvalue weighted by atomic mass is 9.77. The van der Waals surface area contributed by atoms with E-state index in [9.17, 15) is 10.1 Å². The van der Waals surface area contributed by atoms with Gasteiger partial charge in [0.25, 0.3) is 5.69 Å². The maximum atomic E-state index is 11.5. The Morgan fingerprint density at radius 2 is 1.81 bits per heavy atom. The lowest BCUT2D eigenvalue weighted by Gasteiger charge is -2.38. The molecule has 5 atom stereocenters. The van der Waals surface area contributed by atoms with Gasteiger partial charge in [0.2, 0.25) is 0 Å². The Balaban J connectivity index is 1.55. The number of thioether (sulfide) groups is 1. The van der Waals surface area contributed by atoms with E-state index in [0.29, 0.717) is 9.92 Å². The standard InChI is InChI=1S/C24H19BrCl2N2O2S/c25-17-6-2-1-5-14(17)24-16-12-21(32-20-8-4-3-7-19(20)29(30)31)23(27)22(16)15-11-13(26)9-10-18(15)28-24/h1-11,16,21-24,28H,12H2/t16-,21-,22+,23-,24-/m0/s1. The highest BCUT2D eigenvalue weighted by Crippen LogP contribution is 2.58. The molecule has 0 spiro atoms. The first-order valence-electron chi connectivity index (χ1n) is 10.3. The second kappa shape index (κ2) is 8.90. The summed E-state index contributed by atoms with van der Waals surface area (Å²) in [6, 6.07) is 21.1. The molecule has 3 aromatic carbocycles. The van der Waals surface area contributed by atoms with Crippen LogP contribution in [0.3, 0.4) is 0 Å². The normalized spacial score (nSPS) is 26.2. The minimum Gasteiger partial charge on any atom is -0.378 e. The van der Waals surface area contributed by atoms with Crippen LogP contribution in [0.2, 0.25) is 5.02 Å². The van der Waals surface area contributed by atoms with Crippen molar-refractivity contribution in [3.8, 4) is 0 Å². The summed E-state index contributed by atoms with van der Waals surface area (Å²) in [6.07, 6.45) is 0.834. The molecule has 1 aliphatic carbocycles. The maximum absolute atomic E-state index is 11.5. The predicted octanol–water partition coefficient (Wildman–Crippen LogP) is 8.05. The number of fused-ring (bicyclic) bond motifs is 3. The number of hydrogen-bond donors (Lipinski definition) is 1. The zero-order valence-electron chi connectivity index (χ0n) is 16.8. The molecule has 3 aromatic rings. The van der Waals surface area contributed by atoms with Gasteiger partial charge in [-0.1, -0.05) is 57.9 Å². The van der Waals surface area contributed by atoms with Gasteiger partial charge in [0.05, 0.1) is 21.2 Å². The summed E-state index contributed by atoms with van der Waals surface area (Å²) >= 11 is 18.7. The summed E-state index contributed by atoms with van der Waals surface area (Å²) in [7, 11) is 0. The molecular formula is C24H19BrCl2N2O2S. The third kappa shape index (κ3) is 3.92. The van der Waals surface area contributed by atoms with Crippen LogP contribution in [0.15, 0.2) is 76.1 Å². The van der Waals surface area contributed by atoms with Crippen LogP contribution in [0.5, 0.6) is 0 Å². The van der Waals surface area contributed by atoms with Gasteiger partial charge >= 0.3 is 0 Å². The fourth-order valence-electron chi connectivity index (χ4n) is 4.99. The molecule has 0 aromatic heterocycles. The van der Waals surface area contributed by atoms with Crippen molar-refractivity contribution in [2.24, 2.45) is 5.92 Å². The zero-order chi connectivity index (χ0) is 22.4. The van der Waals surface area contributed by atoms with Gasteiger partial charge in [-0.05, 0) is 53.8 Å². The highest BCUT2D eigenvalue weighted by Gasteiger charge is 2.50. The van der Waals surface area contributed by atoms with Crippen LogP contribution in [0, 0.1) is 16.0 Å².